The van der Waals surface area contributed by atoms with E-state index in [1.165, 1.54) is 44.0 Å². The van der Waals surface area contributed by atoms with Crippen LogP contribution in [0.3, 0.4) is 0 Å². The Bertz CT molecular complexity index is 742. The van der Waals surface area contributed by atoms with Crippen LogP contribution in [0.5, 0.6) is 0 Å². The third-order valence-electron chi connectivity index (χ3n) is 4.74. The quantitative estimate of drug-likeness (QED) is 0.858. The van der Waals surface area contributed by atoms with Gasteiger partial charge in [0.2, 0.25) is 0 Å². The number of amides is 1. The van der Waals surface area contributed by atoms with Gasteiger partial charge in [-0.2, -0.15) is 0 Å². The van der Waals surface area contributed by atoms with E-state index in [0.717, 1.165) is 24.2 Å². The van der Waals surface area contributed by atoms with Crippen molar-refractivity contribution in [3.8, 4) is 0 Å². The molecule has 2 aromatic carbocycles. The lowest BCUT2D eigenvalue weighted by atomic mass is 10.0. The molecule has 3 nitrogen and oxygen atoms in total. The van der Waals surface area contributed by atoms with Crippen LogP contribution in [0.15, 0.2) is 42.5 Å². The number of hydrogen-bond donors (Lipinski definition) is 2. The van der Waals surface area contributed by atoms with Crippen molar-refractivity contribution in [3.63, 3.8) is 0 Å². The number of rotatable bonds is 5. The summed E-state index contributed by atoms with van der Waals surface area (Å²) in [6.07, 6.45) is 3.85. The first-order valence-corrected chi connectivity index (χ1v) is 8.77. The van der Waals surface area contributed by atoms with Gasteiger partial charge in [-0.1, -0.05) is 24.3 Å². The van der Waals surface area contributed by atoms with E-state index in [2.05, 4.69) is 11.4 Å². The lowest BCUT2D eigenvalue weighted by Crippen LogP contribution is -3.11. The lowest BCUT2D eigenvalue weighted by molar-refractivity contribution is -0.918. The molecule has 0 atom stereocenters. The fraction of sp³-hybridized carbons (Fsp3) is 0.350. The fourth-order valence-electron chi connectivity index (χ4n) is 3.32. The molecule has 0 bridgehead atoms. The van der Waals surface area contributed by atoms with Gasteiger partial charge in [-0.3, -0.25) is 4.79 Å². The molecule has 2 aromatic rings. The van der Waals surface area contributed by atoms with E-state index in [1.54, 1.807) is 4.90 Å². The van der Waals surface area contributed by atoms with Gasteiger partial charge in [-0.15, -0.1) is 0 Å². The number of likely N-dealkylation sites (tertiary alicyclic amines) is 1. The van der Waals surface area contributed by atoms with Crippen molar-refractivity contribution in [2.45, 2.75) is 32.4 Å². The first-order chi connectivity index (χ1) is 12.1. The molecule has 3 rings (SSSR count). The third-order valence-corrected chi connectivity index (χ3v) is 4.74. The van der Waals surface area contributed by atoms with Crippen molar-refractivity contribution in [2.75, 3.05) is 13.1 Å². The Morgan fingerprint density at radius 2 is 1.68 bits per heavy atom. The van der Waals surface area contributed by atoms with E-state index < -0.39 is 17.5 Å². The molecule has 0 saturated carbocycles. The van der Waals surface area contributed by atoms with Gasteiger partial charge < -0.3 is 10.2 Å². The van der Waals surface area contributed by atoms with Gasteiger partial charge >= 0.3 is 0 Å². The Morgan fingerprint density at radius 1 is 0.960 bits per heavy atom. The summed E-state index contributed by atoms with van der Waals surface area (Å²) < 4.78 is 26.2. The van der Waals surface area contributed by atoms with Crippen LogP contribution >= 0.6 is 0 Å². The van der Waals surface area contributed by atoms with Gasteiger partial charge in [0.05, 0.1) is 13.1 Å². The second-order valence-corrected chi connectivity index (χ2v) is 6.57. The van der Waals surface area contributed by atoms with Crippen molar-refractivity contribution < 1.29 is 18.5 Å². The molecule has 1 saturated heterocycles. The summed E-state index contributed by atoms with van der Waals surface area (Å²) in [7, 11) is 0. The van der Waals surface area contributed by atoms with Crippen molar-refractivity contribution in [1.82, 2.24) is 5.32 Å². The summed E-state index contributed by atoms with van der Waals surface area (Å²) in [6.45, 7) is 3.71. The second-order valence-electron chi connectivity index (χ2n) is 6.57. The molecule has 0 unspecified atom stereocenters. The number of carbonyl (C=O) groups is 1. The van der Waals surface area contributed by atoms with Gasteiger partial charge in [-0.25, -0.2) is 8.78 Å². The van der Waals surface area contributed by atoms with Crippen LogP contribution in [0.2, 0.25) is 0 Å². The van der Waals surface area contributed by atoms with Crippen LogP contribution < -0.4 is 10.2 Å². The highest BCUT2D eigenvalue weighted by molar-refractivity contribution is 5.94. The normalized spacial score (nSPS) is 15.1. The Morgan fingerprint density at radius 3 is 2.40 bits per heavy atom. The maximum atomic E-state index is 13.3. The minimum absolute atomic E-state index is 0.123. The molecule has 1 amide bonds. The number of halogens is 2. The number of hydrogen-bond acceptors (Lipinski definition) is 1. The molecule has 2 N–H and O–H groups in total. The zero-order chi connectivity index (χ0) is 17.6. The molecule has 0 spiro atoms. The second kappa shape index (κ2) is 8.21. The largest absolute Gasteiger partial charge is 0.348 e. The summed E-state index contributed by atoms with van der Waals surface area (Å²) >= 11 is 0. The molecular formula is C20H23F2N2O+. The number of benzene rings is 2. The Labute approximate surface area is 146 Å². The van der Waals surface area contributed by atoms with E-state index >= 15 is 0 Å². The summed E-state index contributed by atoms with van der Waals surface area (Å²) in [5, 5.41) is 2.80. The minimum Gasteiger partial charge on any atom is -0.348 e. The highest BCUT2D eigenvalue weighted by Gasteiger charge is 2.16. The fourth-order valence-corrected chi connectivity index (χ4v) is 3.32. The molecule has 1 heterocycles. The molecule has 1 aliphatic heterocycles. The van der Waals surface area contributed by atoms with E-state index in [-0.39, 0.29) is 5.56 Å². The topological polar surface area (TPSA) is 33.5 Å². The minimum atomic E-state index is -1.01. The predicted molar refractivity (Wildman–Crippen MR) is 92.2 cm³/mol. The zero-order valence-corrected chi connectivity index (χ0v) is 14.2. The molecule has 132 valence electrons. The van der Waals surface area contributed by atoms with Crippen molar-refractivity contribution in [3.05, 3.63) is 70.8 Å². The average molecular weight is 345 g/mol. The van der Waals surface area contributed by atoms with E-state index in [9.17, 15) is 13.6 Å². The van der Waals surface area contributed by atoms with E-state index in [1.807, 2.05) is 18.2 Å². The zero-order valence-electron chi connectivity index (χ0n) is 14.2. The molecule has 0 radical (unpaired) electrons. The van der Waals surface area contributed by atoms with E-state index in [4.69, 9.17) is 0 Å². The van der Waals surface area contributed by atoms with Crippen LogP contribution in [0.4, 0.5) is 8.78 Å². The molecule has 25 heavy (non-hydrogen) atoms. The van der Waals surface area contributed by atoms with Crippen LogP contribution in [0, 0.1) is 11.6 Å². The smallest absolute Gasteiger partial charge is 0.251 e. The standard InChI is InChI=1S/C20H22F2N2O/c21-18-9-8-15(12-19(18)22)20(25)23-13-16-6-2-3-7-17(16)14-24-10-4-1-5-11-24/h2-3,6-9,12H,1,4-5,10-11,13-14H2,(H,23,25)/p+1. The summed E-state index contributed by atoms with van der Waals surface area (Å²) in [4.78, 5) is 13.8. The van der Waals surface area contributed by atoms with Gasteiger partial charge in [0, 0.05) is 17.7 Å². The SMILES string of the molecule is O=C(NCc1ccccc1C[NH+]1CCCCC1)c1ccc(F)c(F)c1. The maximum Gasteiger partial charge on any atom is 0.251 e. The van der Waals surface area contributed by atoms with Crippen LogP contribution in [-0.2, 0) is 13.1 Å². The monoisotopic (exact) mass is 345 g/mol. The maximum absolute atomic E-state index is 13.3. The van der Waals surface area contributed by atoms with Gasteiger partial charge in [0.1, 0.15) is 6.54 Å². The highest BCUT2D eigenvalue weighted by Crippen LogP contribution is 2.11. The molecule has 5 heteroatoms. The summed E-state index contributed by atoms with van der Waals surface area (Å²) in [5.74, 6) is -2.37. The van der Waals surface area contributed by atoms with Crippen LogP contribution in [0.1, 0.15) is 40.7 Å². The van der Waals surface area contributed by atoms with Crippen molar-refractivity contribution >= 4 is 5.91 Å². The Hall–Kier alpha value is -2.27. The average Bonchev–Trinajstić information content (AvgIpc) is 2.64. The molecule has 0 aromatic heterocycles. The summed E-state index contributed by atoms with van der Waals surface area (Å²) in [6, 6.07) is 11.3. The van der Waals surface area contributed by atoms with Gasteiger partial charge in [0.15, 0.2) is 11.6 Å². The first kappa shape index (κ1) is 17.5. The first-order valence-electron chi connectivity index (χ1n) is 8.77. The lowest BCUT2D eigenvalue weighted by Gasteiger charge is -2.24. The highest BCUT2D eigenvalue weighted by atomic mass is 19.2. The molecule has 0 aliphatic carbocycles. The van der Waals surface area contributed by atoms with Crippen LogP contribution in [-0.4, -0.2) is 19.0 Å². The Kier molecular flexibility index (Phi) is 5.76. The van der Waals surface area contributed by atoms with Crippen molar-refractivity contribution in [2.24, 2.45) is 0 Å². The summed E-state index contributed by atoms with van der Waals surface area (Å²) in [5.41, 5.74) is 2.42. The van der Waals surface area contributed by atoms with Crippen molar-refractivity contribution in [1.29, 1.82) is 0 Å². The molecular weight excluding hydrogens is 322 g/mol. The van der Waals surface area contributed by atoms with Crippen LogP contribution in [0.25, 0.3) is 0 Å². The van der Waals surface area contributed by atoms with Gasteiger partial charge in [0.25, 0.3) is 5.91 Å². The van der Waals surface area contributed by atoms with Gasteiger partial charge in [-0.05, 0) is 43.0 Å². The number of piperidine rings is 1. The number of carbonyl (C=O) groups excluding carboxylic acids is 1. The molecule has 1 aliphatic rings. The number of nitrogens with one attached hydrogen (secondary N) is 2. The molecule has 1 fully saturated rings. The van der Waals surface area contributed by atoms with E-state index in [0.29, 0.717) is 6.54 Å². The Balaban J connectivity index is 1.64. The predicted octanol–water partition coefficient (Wildman–Crippen LogP) is 2.46. The third kappa shape index (κ3) is 4.63. The number of quaternary nitrogens is 1.